The second-order valence-electron chi connectivity index (χ2n) is 5.63. The standard InChI is InChI=1S/C19H13Cl2N5O/c1-27-18-11-13(6-8-15(18)14-7-5-12(20)10-16(14)21)26-24-19(23-25-26)17-4-2-3-9-22-17/h2-11H,1H3. The molecular weight excluding hydrogens is 385 g/mol. The van der Waals surface area contributed by atoms with Gasteiger partial charge < -0.3 is 4.74 Å². The molecule has 2 aromatic carbocycles. The summed E-state index contributed by atoms with van der Waals surface area (Å²) in [6.45, 7) is 0. The zero-order valence-electron chi connectivity index (χ0n) is 14.2. The molecule has 134 valence electrons. The van der Waals surface area contributed by atoms with Gasteiger partial charge in [-0.3, -0.25) is 4.98 Å². The molecule has 0 atom stereocenters. The fourth-order valence-electron chi connectivity index (χ4n) is 2.66. The van der Waals surface area contributed by atoms with Crippen molar-refractivity contribution in [2.45, 2.75) is 0 Å². The van der Waals surface area contributed by atoms with Crippen molar-refractivity contribution in [3.05, 3.63) is 70.8 Å². The Kier molecular flexibility index (Phi) is 4.75. The van der Waals surface area contributed by atoms with Crippen LogP contribution in [0.3, 0.4) is 0 Å². The minimum Gasteiger partial charge on any atom is -0.496 e. The highest BCUT2D eigenvalue weighted by molar-refractivity contribution is 6.36. The molecule has 0 bridgehead atoms. The van der Waals surface area contributed by atoms with Gasteiger partial charge in [-0.05, 0) is 41.6 Å². The number of tetrazole rings is 1. The van der Waals surface area contributed by atoms with Crippen LogP contribution in [-0.2, 0) is 0 Å². The van der Waals surface area contributed by atoms with E-state index in [0.717, 1.165) is 11.1 Å². The predicted molar refractivity (Wildman–Crippen MR) is 104 cm³/mol. The summed E-state index contributed by atoms with van der Waals surface area (Å²) in [4.78, 5) is 5.66. The van der Waals surface area contributed by atoms with E-state index in [1.807, 2.05) is 42.5 Å². The van der Waals surface area contributed by atoms with Crippen LogP contribution >= 0.6 is 23.2 Å². The van der Waals surface area contributed by atoms with Gasteiger partial charge in [-0.15, -0.1) is 15.0 Å². The van der Waals surface area contributed by atoms with E-state index >= 15 is 0 Å². The second kappa shape index (κ2) is 7.34. The molecule has 0 aliphatic rings. The second-order valence-corrected chi connectivity index (χ2v) is 6.47. The molecule has 0 saturated carbocycles. The zero-order chi connectivity index (χ0) is 18.8. The first kappa shape index (κ1) is 17.5. The first-order valence-corrected chi connectivity index (χ1v) is 8.76. The van der Waals surface area contributed by atoms with Gasteiger partial charge in [-0.2, -0.15) is 0 Å². The third-order valence-electron chi connectivity index (χ3n) is 3.94. The van der Waals surface area contributed by atoms with Crippen LogP contribution in [0.5, 0.6) is 5.75 Å². The van der Waals surface area contributed by atoms with Gasteiger partial charge in [0.2, 0.25) is 5.82 Å². The summed E-state index contributed by atoms with van der Waals surface area (Å²) in [7, 11) is 1.60. The first-order chi connectivity index (χ1) is 13.2. The molecule has 8 heteroatoms. The maximum absolute atomic E-state index is 6.33. The summed E-state index contributed by atoms with van der Waals surface area (Å²) in [6, 6.07) is 16.5. The molecular formula is C19H13Cl2N5O. The number of pyridine rings is 1. The largest absolute Gasteiger partial charge is 0.496 e. The highest BCUT2D eigenvalue weighted by Crippen LogP contribution is 2.37. The fourth-order valence-corrected chi connectivity index (χ4v) is 3.17. The SMILES string of the molecule is COc1cc(-n2nnc(-c3ccccn3)n2)ccc1-c1ccc(Cl)cc1Cl. The number of hydrogen-bond donors (Lipinski definition) is 0. The van der Waals surface area contributed by atoms with Crippen LogP contribution < -0.4 is 4.74 Å². The van der Waals surface area contributed by atoms with E-state index in [9.17, 15) is 0 Å². The third-order valence-corrected chi connectivity index (χ3v) is 4.49. The molecule has 4 rings (SSSR count). The Morgan fingerprint density at radius 3 is 2.56 bits per heavy atom. The van der Waals surface area contributed by atoms with E-state index in [1.165, 1.54) is 4.80 Å². The van der Waals surface area contributed by atoms with Crippen molar-refractivity contribution in [3.8, 4) is 34.1 Å². The zero-order valence-corrected chi connectivity index (χ0v) is 15.7. The molecule has 0 fully saturated rings. The number of halogens is 2. The molecule has 0 aliphatic carbocycles. The lowest BCUT2D eigenvalue weighted by Gasteiger charge is -2.12. The van der Waals surface area contributed by atoms with Crippen molar-refractivity contribution in [3.63, 3.8) is 0 Å². The Balaban J connectivity index is 1.73. The van der Waals surface area contributed by atoms with Crippen LogP contribution in [0.15, 0.2) is 60.8 Å². The van der Waals surface area contributed by atoms with E-state index < -0.39 is 0 Å². The Morgan fingerprint density at radius 2 is 1.81 bits per heavy atom. The molecule has 0 N–H and O–H groups in total. The van der Waals surface area contributed by atoms with Gasteiger partial charge in [-0.25, -0.2) is 0 Å². The average Bonchev–Trinajstić information content (AvgIpc) is 3.19. The van der Waals surface area contributed by atoms with Crippen molar-refractivity contribution in [1.82, 2.24) is 25.2 Å². The third kappa shape index (κ3) is 3.49. The molecule has 0 saturated heterocycles. The molecule has 0 amide bonds. The van der Waals surface area contributed by atoms with Crippen molar-refractivity contribution < 1.29 is 4.74 Å². The van der Waals surface area contributed by atoms with Gasteiger partial charge >= 0.3 is 0 Å². The number of hydrogen-bond acceptors (Lipinski definition) is 5. The highest BCUT2D eigenvalue weighted by Gasteiger charge is 2.14. The van der Waals surface area contributed by atoms with Crippen LogP contribution in [0, 0.1) is 0 Å². The Labute approximate surface area is 165 Å². The molecule has 0 unspecified atom stereocenters. The minimum atomic E-state index is 0.444. The summed E-state index contributed by atoms with van der Waals surface area (Å²) in [5.74, 6) is 1.08. The smallest absolute Gasteiger partial charge is 0.223 e. The quantitative estimate of drug-likeness (QED) is 0.498. The number of nitrogens with zero attached hydrogens (tertiary/aromatic N) is 5. The molecule has 2 heterocycles. The summed E-state index contributed by atoms with van der Waals surface area (Å²) in [6.07, 6.45) is 1.68. The van der Waals surface area contributed by atoms with E-state index in [2.05, 4.69) is 20.4 Å². The van der Waals surface area contributed by atoms with Gasteiger partial charge in [0.05, 0.1) is 17.8 Å². The molecule has 0 aliphatic heterocycles. The topological polar surface area (TPSA) is 65.7 Å². The average molecular weight is 398 g/mol. The maximum Gasteiger partial charge on any atom is 0.223 e. The maximum atomic E-state index is 6.33. The van der Waals surface area contributed by atoms with E-state index in [4.69, 9.17) is 27.9 Å². The van der Waals surface area contributed by atoms with Crippen LogP contribution in [0.25, 0.3) is 28.3 Å². The van der Waals surface area contributed by atoms with E-state index in [0.29, 0.717) is 33.0 Å². The molecule has 2 aromatic heterocycles. The molecule has 27 heavy (non-hydrogen) atoms. The van der Waals surface area contributed by atoms with Gasteiger partial charge in [0.1, 0.15) is 11.4 Å². The van der Waals surface area contributed by atoms with Crippen LogP contribution in [0.2, 0.25) is 10.0 Å². The van der Waals surface area contributed by atoms with Gasteiger partial charge in [0.15, 0.2) is 0 Å². The van der Waals surface area contributed by atoms with Gasteiger partial charge in [0.25, 0.3) is 0 Å². The monoisotopic (exact) mass is 397 g/mol. The number of benzene rings is 2. The highest BCUT2D eigenvalue weighted by atomic mass is 35.5. The van der Waals surface area contributed by atoms with Crippen LogP contribution in [0.1, 0.15) is 0 Å². The van der Waals surface area contributed by atoms with E-state index in [1.54, 1.807) is 25.4 Å². The van der Waals surface area contributed by atoms with Crippen molar-refractivity contribution in [2.24, 2.45) is 0 Å². The lowest BCUT2D eigenvalue weighted by molar-refractivity contribution is 0.416. The molecule has 0 radical (unpaired) electrons. The van der Waals surface area contributed by atoms with Crippen molar-refractivity contribution in [2.75, 3.05) is 7.11 Å². The fraction of sp³-hybridized carbons (Fsp3) is 0.0526. The van der Waals surface area contributed by atoms with Gasteiger partial charge in [-0.1, -0.05) is 35.3 Å². The number of ether oxygens (including phenoxy) is 1. The van der Waals surface area contributed by atoms with Crippen LogP contribution in [-0.4, -0.2) is 32.3 Å². The lowest BCUT2D eigenvalue weighted by atomic mass is 10.0. The summed E-state index contributed by atoms with van der Waals surface area (Å²) >= 11 is 12.3. The Hall–Kier alpha value is -2.96. The molecule has 6 nitrogen and oxygen atoms in total. The van der Waals surface area contributed by atoms with E-state index in [-0.39, 0.29) is 0 Å². The minimum absolute atomic E-state index is 0.444. The summed E-state index contributed by atoms with van der Waals surface area (Å²) in [5, 5.41) is 13.7. The normalized spacial score (nSPS) is 10.8. The lowest BCUT2D eigenvalue weighted by Crippen LogP contribution is -2.00. The van der Waals surface area contributed by atoms with Crippen molar-refractivity contribution >= 4 is 23.2 Å². The molecule has 4 aromatic rings. The van der Waals surface area contributed by atoms with Gasteiger partial charge in [0, 0.05) is 28.4 Å². The van der Waals surface area contributed by atoms with Crippen LogP contribution in [0.4, 0.5) is 0 Å². The number of aromatic nitrogens is 5. The Morgan fingerprint density at radius 1 is 0.963 bits per heavy atom. The Bertz CT molecular complexity index is 1100. The summed E-state index contributed by atoms with van der Waals surface area (Å²) in [5.41, 5.74) is 3.02. The predicted octanol–water partition coefficient (Wildman–Crippen LogP) is 4.71. The summed E-state index contributed by atoms with van der Waals surface area (Å²) < 4.78 is 5.55. The first-order valence-electron chi connectivity index (χ1n) is 8.01. The number of methoxy groups -OCH3 is 1. The number of rotatable bonds is 4. The van der Waals surface area contributed by atoms with Crippen molar-refractivity contribution in [1.29, 1.82) is 0 Å². The molecule has 0 spiro atoms.